The van der Waals surface area contributed by atoms with Crippen molar-refractivity contribution in [2.45, 2.75) is 4.90 Å². The molecule has 1 aromatic carbocycles. The summed E-state index contributed by atoms with van der Waals surface area (Å²) in [5.74, 6) is -0.171. The van der Waals surface area contributed by atoms with Gasteiger partial charge in [0.25, 0.3) is 5.91 Å². The molecule has 0 spiro atoms. The van der Waals surface area contributed by atoms with Gasteiger partial charge in [-0.15, -0.1) is 11.3 Å². The van der Waals surface area contributed by atoms with Crippen molar-refractivity contribution in [1.82, 2.24) is 22.9 Å². The van der Waals surface area contributed by atoms with Gasteiger partial charge in [-0.3, -0.25) is 4.79 Å². The van der Waals surface area contributed by atoms with Gasteiger partial charge in [-0.1, -0.05) is 6.07 Å². The molecule has 1 aliphatic rings. The number of nitrogens with zero attached hydrogens (tertiary/aromatic N) is 5. The maximum Gasteiger partial charge on any atom is 0.273 e. The van der Waals surface area contributed by atoms with E-state index in [1.165, 1.54) is 15.6 Å². The van der Waals surface area contributed by atoms with Gasteiger partial charge < -0.3 is 4.90 Å². The maximum atomic E-state index is 13.1. The molecule has 30 heavy (non-hydrogen) atoms. The number of thiazole rings is 1. The van der Waals surface area contributed by atoms with Crippen LogP contribution in [-0.4, -0.2) is 63.4 Å². The molecule has 3 aromatic heterocycles. The molecule has 4 heterocycles. The van der Waals surface area contributed by atoms with Crippen LogP contribution in [0, 0.1) is 0 Å². The number of hydrogen-bond donors (Lipinski definition) is 0. The molecule has 5 rings (SSSR count). The fourth-order valence-electron chi connectivity index (χ4n) is 3.31. The average molecular weight is 478 g/mol. The average Bonchev–Trinajstić information content (AvgIpc) is 3.53. The first kappa shape index (κ1) is 19.7. The standard InChI is InChI=1S/C18H15N5O3S4/c24-18(14-11-28-17(19-14)12-4-9-27-10-12)22-5-7-23(8-6-22)30(25,26)15-3-1-2-13-16(15)21-29-20-13/h1-4,9-11H,5-8H2. The second-order valence-corrected chi connectivity index (χ2v) is 10.7. The lowest BCUT2D eigenvalue weighted by Gasteiger charge is -2.33. The van der Waals surface area contributed by atoms with E-state index in [1.807, 2.05) is 16.8 Å². The van der Waals surface area contributed by atoms with Gasteiger partial charge in [-0.25, -0.2) is 13.4 Å². The van der Waals surface area contributed by atoms with Crippen LogP contribution in [0.5, 0.6) is 0 Å². The monoisotopic (exact) mass is 477 g/mol. The van der Waals surface area contributed by atoms with Crippen molar-refractivity contribution < 1.29 is 13.2 Å². The van der Waals surface area contributed by atoms with Gasteiger partial charge in [0, 0.05) is 42.5 Å². The van der Waals surface area contributed by atoms with E-state index < -0.39 is 10.0 Å². The number of thiophene rings is 1. The van der Waals surface area contributed by atoms with E-state index in [2.05, 4.69) is 13.7 Å². The Morgan fingerprint density at radius 2 is 1.87 bits per heavy atom. The fraction of sp³-hybridized carbons (Fsp3) is 0.222. The molecule has 1 amide bonds. The van der Waals surface area contributed by atoms with Crippen LogP contribution in [-0.2, 0) is 10.0 Å². The van der Waals surface area contributed by atoms with Crippen molar-refractivity contribution >= 4 is 61.4 Å². The second-order valence-electron chi connectivity index (χ2n) is 6.63. The number of benzene rings is 1. The smallest absolute Gasteiger partial charge is 0.273 e. The predicted octanol–water partition coefficient (Wildman–Crippen LogP) is 3.02. The third-order valence-electron chi connectivity index (χ3n) is 4.88. The van der Waals surface area contributed by atoms with Crippen molar-refractivity contribution in [1.29, 1.82) is 0 Å². The summed E-state index contributed by atoms with van der Waals surface area (Å²) in [4.78, 5) is 19.1. The summed E-state index contributed by atoms with van der Waals surface area (Å²) >= 11 is 4.01. The van der Waals surface area contributed by atoms with Gasteiger partial charge in [0.05, 0.1) is 11.7 Å². The number of rotatable bonds is 4. The molecule has 0 unspecified atom stereocenters. The third kappa shape index (κ3) is 3.44. The second kappa shape index (κ2) is 7.78. The largest absolute Gasteiger partial charge is 0.335 e. The van der Waals surface area contributed by atoms with Gasteiger partial charge in [0.15, 0.2) is 0 Å². The van der Waals surface area contributed by atoms with E-state index >= 15 is 0 Å². The minimum Gasteiger partial charge on any atom is -0.335 e. The number of piperazine rings is 1. The SMILES string of the molecule is O=C(c1csc(-c2ccsc2)n1)N1CCN(S(=O)(=O)c2cccc3nsnc23)CC1. The highest BCUT2D eigenvalue weighted by molar-refractivity contribution is 7.89. The zero-order valence-corrected chi connectivity index (χ0v) is 18.7. The van der Waals surface area contributed by atoms with Crippen molar-refractivity contribution in [3.05, 3.63) is 46.1 Å². The summed E-state index contributed by atoms with van der Waals surface area (Å²) in [6, 6.07) is 6.94. The lowest BCUT2D eigenvalue weighted by atomic mass is 10.3. The summed E-state index contributed by atoms with van der Waals surface area (Å²) in [6.07, 6.45) is 0. The summed E-state index contributed by atoms with van der Waals surface area (Å²) in [5.41, 5.74) is 2.37. The van der Waals surface area contributed by atoms with Gasteiger partial charge >= 0.3 is 0 Å². The number of carbonyl (C=O) groups excluding carboxylic acids is 1. The lowest BCUT2D eigenvalue weighted by molar-refractivity contribution is 0.0693. The van der Waals surface area contributed by atoms with Crippen LogP contribution in [0.15, 0.2) is 45.3 Å². The minimum atomic E-state index is -3.71. The zero-order chi connectivity index (χ0) is 20.7. The van der Waals surface area contributed by atoms with Crippen molar-refractivity contribution in [2.75, 3.05) is 26.2 Å². The lowest BCUT2D eigenvalue weighted by Crippen LogP contribution is -2.50. The molecular formula is C18H15N5O3S4. The molecule has 0 N–H and O–H groups in total. The van der Waals surface area contributed by atoms with Crippen LogP contribution in [0.2, 0.25) is 0 Å². The Balaban J connectivity index is 1.30. The number of aromatic nitrogens is 3. The van der Waals surface area contributed by atoms with Crippen molar-refractivity contribution in [3.8, 4) is 10.6 Å². The number of fused-ring (bicyclic) bond motifs is 1. The molecule has 0 saturated carbocycles. The Hall–Kier alpha value is -2.25. The first-order valence-corrected chi connectivity index (χ1v) is 13.0. The van der Waals surface area contributed by atoms with E-state index in [9.17, 15) is 13.2 Å². The normalized spacial score (nSPS) is 15.7. The zero-order valence-electron chi connectivity index (χ0n) is 15.5. The Bertz CT molecular complexity index is 1300. The molecule has 1 saturated heterocycles. The summed E-state index contributed by atoms with van der Waals surface area (Å²) in [6.45, 7) is 1.08. The van der Waals surface area contributed by atoms with Crippen LogP contribution in [0.4, 0.5) is 0 Å². The van der Waals surface area contributed by atoms with E-state index in [1.54, 1.807) is 39.8 Å². The van der Waals surface area contributed by atoms with Gasteiger partial charge in [0.2, 0.25) is 10.0 Å². The number of carbonyl (C=O) groups is 1. The molecular weight excluding hydrogens is 462 g/mol. The van der Waals surface area contributed by atoms with Crippen molar-refractivity contribution in [3.63, 3.8) is 0 Å². The molecule has 12 heteroatoms. The predicted molar refractivity (Wildman–Crippen MR) is 118 cm³/mol. The van der Waals surface area contributed by atoms with Gasteiger partial charge in [-0.2, -0.15) is 24.4 Å². The summed E-state index contributed by atoms with van der Waals surface area (Å²) < 4.78 is 35.9. The number of sulfonamides is 1. The van der Waals surface area contributed by atoms with Crippen LogP contribution >= 0.6 is 34.4 Å². The highest BCUT2D eigenvalue weighted by Gasteiger charge is 2.32. The highest BCUT2D eigenvalue weighted by atomic mass is 32.2. The van der Waals surface area contributed by atoms with E-state index in [-0.39, 0.29) is 23.9 Å². The molecule has 0 bridgehead atoms. The Morgan fingerprint density at radius 1 is 1.03 bits per heavy atom. The van der Waals surface area contributed by atoms with Crippen molar-refractivity contribution in [2.24, 2.45) is 0 Å². The van der Waals surface area contributed by atoms with Crippen LogP contribution in [0.3, 0.4) is 0 Å². The molecule has 8 nitrogen and oxygen atoms in total. The fourth-order valence-corrected chi connectivity index (χ4v) is 6.99. The van der Waals surface area contributed by atoms with Crippen LogP contribution in [0.1, 0.15) is 10.5 Å². The number of amides is 1. The molecule has 1 aliphatic heterocycles. The van der Waals surface area contributed by atoms with Crippen LogP contribution in [0.25, 0.3) is 21.6 Å². The third-order valence-corrected chi connectivity index (χ3v) is 8.93. The molecule has 0 atom stereocenters. The highest BCUT2D eigenvalue weighted by Crippen LogP contribution is 2.27. The molecule has 4 aromatic rings. The van der Waals surface area contributed by atoms with E-state index in [0.717, 1.165) is 22.3 Å². The maximum absolute atomic E-state index is 13.1. The first-order chi connectivity index (χ1) is 14.5. The van der Waals surface area contributed by atoms with E-state index in [4.69, 9.17) is 0 Å². The molecule has 0 aliphatic carbocycles. The number of hydrogen-bond acceptors (Lipinski definition) is 9. The minimum absolute atomic E-state index is 0.161. The summed E-state index contributed by atoms with van der Waals surface area (Å²) in [5, 5.41) is 6.54. The Morgan fingerprint density at radius 3 is 2.63 bits per heavy atom. The van der Waals surface area contributed by atoms with Gasteiger partial charge in [-0.05, 0) is 23.6 Å². The molecule has 154 valence electrons. The Labute approximate surface area is 184 Å². The van der Waals surface area contributed by atoms with E-state index in [0.29, 0.717) is 29.8 Å². The topological polar surface area (TPSA) is 96.4 Å². The quantitative estimate of drug-likeness (QED) is 0.448. The molecule has 1 fully saturated rings. The summed E-state index contributed by atoms with van der Waals surface area (Å²) in [7, 11) is -3.71. The van der Waals surface area contributed by atoms with Gasteiger partial charge in [0.1, 0.15) is 26.6 Å². The first-order valence-electron chi connectivity index (χ1n) is 9.03. The van der Waals surface area contributed by atoms with Crippen LogP contribution < -0.4 is 0 Å². The Kier molecular flexibility index (Phi) is 5.11. The molecule has 0 radical (unpaired) electrons.